The Labute approximate surface area is 211 Å². The molecule has 0 saturated carbocycles. The summed E-state index contributed by atoms with van der Waals surface area (Å²) in [6, 6.07) is 15.1. The molecule has 7 heteroatoms. The standard InChI is InChI=1S/C27H26BrN3O2S/c1-27(2,3)15-9-11-18-21(13-15)34-26(22(18)24(32)29-17-7-5-4-6-8-17)31-23-19-14-16(28)10-12-20(19)30-25(23)33/h4-8,10,12,14-15H,9,11,13H2,1-3H3,(H,29,32)(H,30,31,33)/t15-/m1/s1. The monoisotopic (exact) mass is 535 g/mol. The number of nitrogens with zero attached hydrogens (tertiary/aromatic N) is 1. The average Bonchev–Trinajstić information content (AvgIpc) is 3.30. The largest absolute Gasteiger partial charge is 0.322 e. The molecule has 174 valence electrons. The number of amides is 2. The van der Waals surface area contributed by atoms with E-state index in [0.29, 0.717) is 22.2 Å². The van der Waals surface area contributed by atoms with Gasteiger partial charge in [0.05, 0.1) is 11.3 Å². The maximum absolute atomic E-state index is 13.5. The number of halogens is 1. The first-order chi connectivity index (χ1) is 16.2. The highest BCUT2D eigenvalue weighted by Gasteiger charge is 2.35. The number of benzene rings is 2. The molecule has 0 unspecified atom stereocenters. The highest BCUT2D eigenvalue weighted by Crippen LogP contribution is 2.46. The number of para-hydroxylation sites is 1. The van der Waals surface area contributed by atoms with Crippen molar-refractivity contribution in [2.24, 2.45) is 16.3 Å². The van der Waals surface area contributed by atoms with Crippen LogP contribution in [0.25, 0.3) is 0 Å². The molecule has 1 aromatic heterocycles. The second-order valence-electron chi connectivity index (χ2n) is 9.91. The Morgan fingerprint density at radius 1 is 1.18 bits per heavy atom. The zero-order chi connectivity index (χ0) is 24.0. The molecule has 1 atom stereocenters. The van der Waals surface area contributed by atoms with E-state index in [0.717, 1.165) is 46.2 Å². The Morgan fingerprint density at radius 2 is 1.94 bits per heavy atom. The Bertz CT molecular complexity index is 1320. The fourth-order valence-electron chi connectivity index (χ4n) is 4.68. The van der Waals surface area contributed by atoms with Crippen LogP contribution in [-0.4, -0.2) is 17.5 Å². The summed E-state index contributed by atoms with van der Waals surface area (Å²) in [5, 5.41) is 6.52. The molecular formula is C27H26BrN3O2S. The third-order valence-corrected chi connectivity index (χ3v) is 8.29. The van der Waals surface area contributed by atoms with Gasteiger partial charge in [0.1, 0.15) is 10.7 Å². The molecule has 2 heterocycles. The van der Waals surface area contributed by atoms with Crippen LogP contribution in [0.1, 0.15) is 53.6 Å². The minimum Gasteiger partial charge on any atom is -0.322 e. The van der Waals surface area contributed by atoms with Crippen molar-refractivity contribution in [2.75, 3.05) is 10.6 Å². The number of hydrogen-bond donors (Lipinski definition) is 2. The number of hydrogen-bond acceptors (Lipinski definition) is 4. The summed E-state index contributed by atoms with van der Waals surface area (Å²) >= 11 is 5.04. The number of thiophene rings is 1. The molecule has 2 aliphatic rings. The summed E-state index contributed by atoms with van der Waals surface area (Å²) in [5.74, 6) is 0.113. The van der Waals surface area contributed by atoms with Crippen molar-refractivity contribution >= 4 is 61.2 Å². The molecule has 0 saturated heterocycles. The molecule has 0 radical (unpaired) electrons. The summed E-state index contributed by atoms with van der Waals surface area (Å²) in [7, 11) is 0. The SMILES string of the molecule is CC(C)(C)[C@@H]1CCc2c(sc(N=C3C(=O)Nc4ccc(Br)cc43)c2C(=O)Nc2ccccc2)C1. The number of nitrogens with one attached hydrogen (secondary N) is 2. The Balaban J connectivity index is 1.60. The van der Waals surface area contributed by atoms with Crippen molar-refractivity contribution in [1.29, 1.82) is 0 Å². The van der Waals surface area contributed by atoms with E-state index < -0.39 is 0 Å². The third kappa shape index (κ3) is 4.34. The second kappa shape index (κ2) is 8.78. The lowest BCUT2D eigenvalue weighted by Gasteiger charge is -2.33. The van der Waals surface area contributed by atoms with Crippen LogP contribution in [0.15, 0.2) is 58.0 Å². The predicted molar refractivity (Wildman–Crippen MR) is 143 cm³/mol. The van der Waals surface area contributed by atoms with Crippen molar-refractivity contribution in [3.05, 3.63) is 74.6 Å². The first-order valence-corrected chi connectivity index (χ1v) is 13.0. The predicted octanol–water partition coefficient (Wildman–Crippen LogP) is 6.99. The fraction of sp³-hybridized carbons (Fsp3) is 0.296. The molecule has 5 nitrogen and oxygen atoms in total. The number of carbonyl (C=O) groups excluding carboxylic acids is 2. The van der Waals surface area contributed by atoms with Gasteiger partial charge in [-0.05, 0) is 66.5 Å². The van der Waals surface area contributed by atoms with Gasteiger partial charge in [-0.25, -0.2) is 4.99 Å². The molecule has 1 aliphatic heterocycles. The fourth-order valence-corrected chi connectivity index (χ4v) is 6.34. The maximum Gasteiger partial charge on any atom is 0.275 e. The molecule has 2 N–H and O–H groups in total. The quantitative estimate of drug-likeness (QED) is 0.379. The van der Waals surface area contributed by atoms with Gasteiger partial charge in [0.25, 0.3) is 11.8 Å². The zero-order valence-corrected chi connectivity index (χ0v) is 21.8. The number of rotatable bonds is 3. The van der Waals surface area contributed by atoms with Crippen LogP contribution in [0.4, 0.5) is 16.4 Å². The highest BCUT2D eigenvalue weighted by molar-refractivity contribution is 9.10. The highest BCUT2D eigenvalue weighted by atomic mass is 79.9. The molecule has 34 heavy (non-hydrogen) atoms. The Kier molecular flexibility index (Phi) is 5.94. The van der Waals surface area contributed by atoms with Crippen LogP contribution in [0, 0.1) is 11.3 Å². The van der Waals surface area contributed by atoms with Crippen LogP contribution >= 0.6 is 27.3 Å². The topological polar surface area (TPSA) is 70.6 Å². The lowest BCUT2D eigenvalue weighted by atomic mass is 9.72. The van der Waals surface area contributed by atoms with Crippen molar-refractivity contribution in [3.8, 4) is 0 Å². The van der Waals surface area contributed by atoms with Crippen molar-refractivity contribution < 1.29 is 9.59 Å². The lowest BCUT2D eigenvalue weighted by Crippen LogP contribution is -2.27. The van der Waals surface area contributed by atoms with E-state index in [4.69, 9.17) is 4.99 Å². The molecule has 0 bridgehead atoms. The van der Waals surface area contributed by atoms with Gasteiger partial charge in [-0.3, -0.25) is 9.59 Å². The van der Waals surface area contributed by atoms with E-state index in [1.54, 1.807) is 11.3 Å². The van der Waals surface area contributed by atoms with Gasteiger partial charge in [0.15, 0.2) is 0 Å². The lowest BCUT2D eigenvalue weighted by molar-refractivity contribution is -0.110. The number of aliphatic imine (C=N–C) groups is 1. The van der Waals surface area contributed by atoms with Crippen LogP contribution in [0.5, 0.6) is 0 Å². The maximum atomic E-state index is 13.5. The third-order valence-electron chi connectivity index (χ3n) is 6.64. The summed E-state index contributed by atoms with van der Waals surface area (Å²) in [5.41, 5.74) is 4.42. The van der Waals surface area contributed by atoms with E-state index in [1.165, 1.54) is 4.88 Å². The van der Waals surface area contributed by atoms with Gasteiger partial charge in [0.2, 0.25) is 0 Å². The zero-order valence-electron chi connectivity index (χ0n) is 19.4. The molecule has 2 aromatic carbocycles. The van der Waals surface area contributed by atoms with Crippen molar-refractivity contribution in [3.63, 3.8) is 0 Å². The molecular weight excluding hydrogens is 510 g/mol. The normalized spacial score (nSPS) is 18.4. The summed E-state index contributed by atoms with van der Waals surface area (Å²) in [6.07, 6.45) is 2.80. The van der Waals surface area contributed by atoms with Gasteiger partial charge < -0.3 is 10.6 Å². The van der Waals surface area contributed by atoms with Gasteiger partial charge in [0, 0.05) is 20.6 Å². The van der Waals surface area contributed by atoms with Crippen LogP contribution in [0.2, 0.25) is 0 Å². The van der Waals surface area contributed by atoms with E-state index in [2.05, 4.69) is 47.3 Å². The first kappa shape index (κ1) is 23.0. The second-order valence-corrected chi connectivity index (χ2v) is 11.9. The average molecular weight is 536 g/mol. The van der Waals surface area contributed by atoms with E-state index in [-0.39, 0.29) is 17.2 Å². The molecule has 0 fully saturated rings. The minimum absolute atomic E-state index is 0.176. The smallest absolute Gasteiger partial charge is 0.275 e. The number of fused-ring (bicyclic) bond motifs is 2. The van der Waals surface area contributed by atoms with Crippen molar-refractivity contribution in [1.82, 2.24) is 0 Å². The van der Waals surface area contributed by atoms with Crippen molar-refractivity contribution in [2.45, 2.75) is 40.0 Å². The van der Waals surface area contributed by atoms with Gasteiger partial charge in [-0.1, -0.05) is 54.9 Å². The summed E-state index contributed by atoms with van der Waals surface area (Å²) in [6.45, 7) is 6.83. The number of carbonyl (C=O) groups is 2. The van der Waals surface area contributed by atoms with E-state index in [1.807, 2.05) is 48.5 Å². The van der Waals surface area contributed by atoms with Crippen LogP contribution < -0.4 is 10.6 Å². The summed E-state index contributed by atoms with van der Waals surface area (Å²) in [4.78, 5) is 32.3. The number of anilines is 2. The van der Waals surface area contributed by atoms with E-state index >= 15 is 0 Å². The minimum atomic E-state index is -0.249. The Morgan fingerprint density at radius 3 is 2.68 bits per heavy atom. The van der Waals surface area contributed by atoms with Gasteiger partial charge >= 0.3 is 0 Å². The molecule has 3 aromatic rings. The van der Waals surface area contributed by atoms with E-state index in [9.17, 15) is 9.59 Å². The Hall–Kier alpha value is -2.77. The summed E-state index contributed by atoms with van der Waals surface area (Å²) < 4.78 is 0.871. The van der Waals surface area contributed by atoms with Crippen LogP contribution in [0.3, 0.4) is 0 Å². The molecule has 1 aliphatic carbocycles. The molecule has 2 amide bonds. The molecule has 0 spiro atoms. The first-order valence-electron chi connectivity index (χ1n) is 11.4. The van der Waals surface area contributed by atoms with Gasteiger partial charge in [-0.2, -0.15) is 0 Å². The van der Waals surface area contributed by atoms with Gasteiger partial charge in [-0.15, -0.1) is 11.3 Å². The van der Waals surface area contributed by atoms with Crippen LogP contribution in [-0.2, 0) is 17.6 Å². The molecule has 5 rings (SSSR count).